The molecule has 0 saturated heterocycles. The second-order valence-corrected chi connectivity index (χ2v) is 17.2. The Morgan fingerprint density at radius 1 is 0.216 bits per heavy atom. The molecule has 0 aliphatic heterocycles. The molecular weight excluding hydrogens is 463 g/mol. The molecule has 0 amide bonds. The van der Waals surface area contributed by atoms with Gasteiger partial charge in [-0.2, -0.15) is 0 Å². The Bertz CT molecular complexity index is 367. The van der Waals surface area contributed by atoms with Crippen molar-refractivity contribution in [3.63, 3.8) is 0 Å². The van der Waals surface area contributed by atoms with Crippen LogP contribution in [0.5, 0.6) is 0 Å². The van der Waals surface area contributed by atoms with Gasteiger partial charge in [-0.3, -0.25) is 0 Å². The van der Waals surface area contributed by atoms with Crippen molar-refractivity contribution in [2.24, 2.45) is 0 Å². The highest BCUT2D eigenvalue weighted by Gasteiger charge is 2.34. The van der Waals surface area contributed by atoms with Crippen molar-refractivity contribution in [2.75, 3.05) is 24.6 Å². The molecule has 0 heterocycles. The van der Waals surface area contributed by atoms with Gasteiger partial charge < -0.3 is 0 Å². The molecule has 0 bridgehead atoms. The van der Waals surface area contributed by atoms with E-state index in [0.29, 0.717) is 0 Å². The minimum atomic E-state index is -0.724. The molecule has 0 aliphatic carbocycles. The van der Waals surface area contributed by atoms with Crippen LogP contribution in [0.1, 0.15) is 207 Å². The minimum Gasteiger partial charge on any atom is -0.0654 e. The van der Waals surface area contributed by atoms with E-state index in [9.17, 15) is 0 Å². The van der Waals surface area contributed by atoms with Gasteiger partial charge in [0.1, 0.15) is 0 Å². The van der Waals surface area contributed by atoms with Gasteiger partial charge in [-0.1, -0.05) is 156 Å². The van der Waals surface area contributed by atoms with Gasteiger partial charge in [0.05, 0.1) is 24.6 Å². The van der Waals surface area contributed by atoms with Crippen molar-refractivity contribution in [3.8, 4) is 0 Å². The van der Waals surface area contributed by atoms with E-state index in [1.807, 2.05) is 0 Å². The maximum Gasteiger partial charge on any atom is 0.0594 e. The van der Waals surface area contributed by atoms with Gasteiger partial charge >= 0.3 is 0 Å². The first-order valence-corrected chi connectivity index (χ1v) is 20.6. The van der Waals surface area contributed by atoms with Gasteiger partial charge in [-0.25, -0.2) is 0 Å². The summed E-state index contributed by atoms with van der Waals surface area (Å²) in [4.78, 5) is 0. The maximum absolute atomic E-state index is 2.36. The molecule has 0 aromatic rings. The summed E-state index contributed by atoms with van der Waals surface area (Å²) in [5, 5.41) is 0. The molecule has 37 heavy (non-hydrogen) atoms. The molecule has 0 radical (unpaired) electrons. The molecule has 224 valence electrons. The van der Waals surface area contributed by atoms with Crippen LogP contribution in [0, 0.1) is 0 Å². The lowest BCUT2D eigenvalue weighted by molar-refractivity contribution is 0.542. The predicted octanol–water partition coefficient (Wildman–Crippen LogP) is 14.0. The molecule has 0 fully saturated rings. The van der Waals surface area contributed by atoms with E-state index in [-0.39, 0.29) is 0 Å². The fraction of sp³-hybridized carbons (Fsp3) is 1.00. The molecule has 0 N–H and O–H groups in total. The SMILES string of the molecule is CCCCCCCCCCCCCCC[P+](CCCCCCC)(CCCCCCC)CCCCCCC. The van der Waals surface area contributed by atoms with Gasteiger partial charge in [-0.05, 0) is 51.4 Å². The van der Waals surface area contributed by atoms with Gasteiger partial charge in [-0.15, -0.1) is 0 Å². The smallest absolute Gasteiger partial charge is 0.0594 e. The van der Waals surface area contributed by atoms with E-state index in [1.54, 1.807) is 50.3 Å². The summed E-state index contributed by atoms with van der Waals surface area (Å²) in [7, 11) is -0.724. The van der Waals surface area contributed by atoms with E-state index >= 15 is 0 Å². The summed E-state index contributed by atoms with van der Waals surface area (Å²) in [5.41, 5.74) is 0. The van der Waals surface area contributed by atoms with Crippen molar-refractivity contribution >= 4 is 7.26 Å². The number of hydrogen-bond acceptors (Lipinski definition) is 0. The van der Waals surface area contributed by atoms with Crippen molar-refractivity contribution in [1.82, 2.24) is 0 Å². The third-order valence-electron chi connectivity index (χ3n) is 8.94. The zero-order valence-corrected chi connectivity index (χ0v) is 28.0. The normalized spacial score (nSPS) is 12.0. The molecule has 1 heteroatoms. The van der Waals surface area contributed by atoms with Gasteiger partial charge in [0.2, 0.25) is 0 Å². The Morgan fingerprint density at radius 2 is 0.378 bits per heavy atom. The number of rotatable bonds is 32. The first kappa shape index (κ1) is 37.4. The molecule has 0 saturated carbocycles. The van der Waals surface area contributed by atoms with Crippen molar-refractivity contribution in [1.29, 1.82) is 0 Å². The molecule has 0 unspecified atom stereocenters. The minimum absolute atomic E-state index is 0.724. The van der Waals surface area contributed by atoms with Crippen LogP contribution in [0.4, 0.5) is 0 Å². The molecule has 0 nitrogen and oxygen atoms in total. The zero-order valence-electron chi connectivity index (χ0n) is 27.1. The Balaban J connectivity index is 4.45. The molecule has 0 rings (SSSR count). The number of hydrogen-bond donors (Lipinski definition) is 0. The summed E-state index contributed by atoms with van der Waals surface area (Å²) >= 11 is 0. The summed E-state index contributed by atoms with van der Waals surface area (Å²) < 4.78 is 0. The largest absolute Gasteiger partial charge is 0.0654 e. The average molecular weight is 540 g/mol. The Labute approximate surface area is 239 Å². The summed E-state index contributed by atoms with van der Waals surface area (Å²) in [5.74, 6) is 0. The maximum atomic E-state index is 2.36. The highest BCUT2D eigenvalue weighted by atomic mass is 31.2. The quantitative estimate of drug-likeness (QED) is 0.0589. The van der Waals surface area contributed by atoms with Crippen LogP contribution in [0.25, 0.3) is 0 Å². The third-order valence-corrected chi connectivity index (χ3v) is 14.0. The van der Waals surface area contributed by atoms with Crippen LogP contribution in [-0.2, 0) is 0 Å². The van der Waals surface area contributed by atoms with Crippen molar-refractivity contribution in [2.45, 2.75) is 207 Å². The van der Waals surface area contributed by atoms with Crippen LogP contribution < -0.4 is 0 Å². The lowest BCUT2D eigenvalue weighted by atomic mass is 10.1. The summed E-state index contributed by atoms with van der Waals surface area (Å²) in [6.07, 6.45) is 48.1. The summed E-state index contributed by atoms with van der Waals surface area (Å²) in [6, 6.07) is 0. The summed E-state index contributed by atoms with van der Waals surface area (Å²) in [6.45, 7) is 9.40. The van der Waals surface area contributed by atoms with Crippen molar-refractivity contribution in [3.05, 3.63) is 0 Å². The zero-order chi connectivity index (χ0) is 27.1. The monoisotopic (exact) mass is 540 g/mol. The second kappa shape index (κ2) is 31.0. The third kappa shape index (κ3) is 26.4. The molecular formula is C36H76P+. The van der Waals surface area contributed by atoms with E-state index in [0.717, 1.165) is 0 Å². The first-order valence-electron chi connectivity index (χ1n) is 18.1. The van der Waals surface area contributed by atoms with Gasteiger partial charge in [0.25, 0.3) is 0 Å². The van der Waals surface area contributed by atoms with Crippen LogP contribution in [0.3, 0.4) is 0 Å². The van der Waals surface area contributed by atoms with Crippen molar-refractivity contribution < 1.29 is 0 Å². The van der Waals surface area contributed by atoms with Crippen LogP contribution in [-0.4, -0.2) is 24.6 Å². The average Bonchev–Trinajstić information content (AvgIpc) is 2.91. The molecule has 0 aromatic heterocycles. The Hall–Kier alpha value is 0.430. The highest BCUT2D eigenvalue weighted by Crippen LogP contribution is 2.61. The highest BCUT2D eigenvalue weighted by molar-refractivity contribution is 7.75. The fourth-order valence-corrected chi connectivity index (χ4v) is 11.2. The van der Waals surface area contributed by atoms with Crippen LogP contribution in [0.2, 0.25) is 0 Å². The van der Waals surface area contributed by atoms with Crippen LogP contribution >= 0.6 is 7.26 Å². The Kier molecular flexibility index (Phi) is 31.3. The van der Waals surface area contributed by atoms with Crippen LogP contribution in [0.15, 0.2) is 0 Å². The van der Waals surface area contributed by atoms with Gasteiger partial charge in [0.15, 0.2) is 0 Å². The molecule has 0 atom stereocenters. The number of unbranched alkanes of at least 4 members (excludes halogenated alkanes) is 24. The Morgan fingerprint density at radius 3 is 0.568 bits per heavy atom. The molecule has 0 spiro atoms. The van der Waals surface area contributed by atoms with E-state index in [4.69, 9.17) is 0 Å². The van der Waals surface area contributed by atoms with Gasteiger partial charge in [0, 0.05) is 7.26 Å². The topological polar surface area (TPSA) is 0 Å². The predicted molar refractivity (Wildman–Crippen MR) is 178 cm³/mol. The molecule has 0 aliphatic rings. The van der Waals surface area contributed by atoms with E-state index in [1.165, 1.54) is 154 Å². The first-order chi connectivity index (χ1) is 18.2. The lowest BCUT2D eigenvalue weighted by Gasteiger charge is -2.28. The fourth-order valence-electron chi connectivity index (χ4n) is 6.29. The second-order valence-electron chi connectivity index (χ2n) is 12.7. The standard InChI is InChI=1S/C36H76P/c1-5-9-13-17-18-19-20-21-22-23-24-28-32-36-37(33-29-25-14-10-6-2,34-30-26-15-11-7-3)35-31-27-16-12-8-4/h5-36H2,1-4H3/q+1. The molecule has 0 aromatic carbocycles. The van der Waals surface area contributed by atoms with E-state index in [2.05, 4.69) is 27.7 Å². The van der Waals surface area contributed by atoms with E-state index < -0.39 is 7.26 Å². The lowest BCUT2D eigenvalue weighted by Crippen LogP contribution is -2.13.